The van der Waals surface area contributed by atoms with Gasteiger partial charge in [-0.15, -0.1) is 0 Å². The summed E-state index contributed by atoms with van der Waals surface area (Å²) in [5.74, 6) is 0. The topological polar surface area (TPSA) is 53.1 Å². The molecule has 0 aliphatic rings. The second kappa shape index (κ2) is 4.96. The minimum Gasteiger partial charge on any atom is -0.314 e. The molecular weight excluding hydrogens is 186 g/mol. The first-order valence-corrected chi connectivity index (χ1v) is 5.48. The van der Waals surface area contributed by atoms with Crippen molar-refractivity contribution in [2.75, 3.05) is 13.6 Å². The van der Waals surface area contributed by atoms with Gasteiger partial charge in [0.05, 0.1) is 6.07 Å². The average Bonchev–Trinajstić information content (AvgIpc) is 2.00. The Bertz CT molecular complexity index is 232. The minimum atomic E-state index is -0.717. The number of hydrogen-bond donors (Lipinski definition) is 1. The standard InChI is InChI=1S/C12H25N3/c1-10(7-12(5,14)8-13)15(6)9-11(2,3)4/h10H,7,9,14H2,1-6H3. The number of nitrogens with zero attached hydrogens (tertiary/aromatic N) is 2. The van der Waals surface area contributed by atoms with E-state index in [9.17, 15) is 0 Å². The largest absolute Gasteiger partial charge is 0.314 e. The lowest BCUT2D eigenvalue weighted by Gasteiger charge is -2.33. The van der Waals surface area contributed by atoms with Crippen molar-refractivity contribution in [1.82, 2.24) is 4.90 Å². The molecule has 0 radical (unpaired) electrons. The van der Waals surface area contributed by atoms with Gasteiger partial charge >= 0.3 is 0 Å². The van der Waals surface area contributed by atoms with Crippen LogP contribution in [0, 0.1) is 16.7 Å². The fraction of sp³-hybridized carbons (Fsp3) is 0.917. The van der Waals surface area contributed by atoms with E-state index in [1.165, 1.54) is 0 Å². The highest BCUT2D eigenvalue weighted by Crippen LogP contribution is 2.18. The summed E-state index contributed by atoms with van der Waals surface area (Å²) in [5, 5.41) is 8.86. The molecule has 3 nitrogen and oxygen atoms in total. The van der Waals surface area contributed by atoms with E-state index in [0.717, 1.165) is 6.54 Å². The maximum absolute atomic E-state index is 8.86. The van der Waals surface area contributed by atoms with Gasteiger partial charge in [-0.2, -0.15) is 5.26 Å². The predicted molar refractivity (Wildman–Crippen MR) is 64.4 cm³/mol. The summed E-state index contributed by atoms with van der Waals surface area (Å²) in [7, 11) is 2.09. The molecule has 0 aromatic rings. The summed E-state index contributed by atoms with van der Waals surface area (Å²) in [5.41, 5.74) is 5.39. The van der Waals surface area contributed by atoms with Crippen LogP contribution in [-0.4, -0.2) is 30.1 Å². The maximum Gasteiger partial charge on any atom is 0.102 e. The van der Waals surface area contributed by atoms with Gasteiger partial charge in [0.15, 0.2) is 0 Å². The zero-order valence-electron chi connectivity index (χ0n) is 11.0. The van der Waals surface area contributed by atoms with Gasteiger partial charge in [0, 0.05) is 12.6 Å². The van der Waals surface area contributed by atoms with Crippen molar-refractivity contribution >= 4 is 0 Å². The van der Waals surface area contributed by atoms with Gasteiger partial charge in [-0.1, -0.05) is 20.8 Å². The Morgan fingerprint density at radius 2 is 1.80 bits per heavy atom. The summed E-state index contributed by atoms with van der Waals surface area (Å²) in [6.45, 7) is 11.5. The third kappa shape index (κ3) is 6.48. The lowest BCUT2D eigenvalue weighted by molar-refractivity contribution is 0.164. The van der Waals surface area contributed by atoms with Crippen LogP contribution in [0.3, 0.4) is 0 Å². The summed E-state index contributed by atoms with van der Waals surface area (Å²) in [6, 6.07) is 2.47. The van der Waals surface area contributed by atoms with Gasteiger partial charge in [-0.3, -0.25) is 0 Å². The molecule has 2 atom stereocenters. The third-order valence-electron chi connectivity index (χ3n) is 2.45. The first-order chi connectivity index (χ1) is 6.57. The Labute approximate surface area is 94.2 Å². The summed E-state index contributed by atoms with van der Waals surface area (Å²) >= 11 is 0. The van der Waals surface area contributed by atoms with E-state index in [0.29, 0.717) is 12.5 Å². The van der Waals surface area contributed by atoms with Crippen LogP contribution in [0.25, 0.3) is 0 Å². The molecule has 0 aromatic heterocycles. The SMILES string of the molecule is CC(CC(C)(N)C#N)N(C)CC(C)(C)C. The van der Waals surface area contributed by atoms with Gasteiger partial charge in [0.1, 0.15) is 5.54 Å². The highest BCUT2D eigenvalue weighted by molar-refractivity contribution is 5.02. The molecule has 0 heterocycles. The number of nitrogens with two attached hydrogens (primary N) is 1. The minimum absolute atomic E-state index is 0.278. The zero-order valence-corrected chi connectivity index (χ0v) is 11.0. The fourth-order valence-electron chi connectivity index (χ4n) is 1.72. The lowest BCUT2D eigenvalue weighted by atomic mass is 9.92. The van der Waals surface area contributed by atoms with E-state index in [2.05, 4.69) is 45.7 Å². The van der Waals surface area contributed by atoms with Crippen LogP contribution < -0.4 is 5.73 Å². The molecule has 0 aliphatic heterocycles. The first-order valence-electron chi connectivity index (χ1n) is 5.48. The van der Waals surface area contributed by atoms with Crippen LogP contribution in [0.2, 0.25) is 0 Å². The average molecular weight is 211 g/mol. The van der Waals surface area contributed by atoms with Crippen molar-refractivity contribution in [3.63, 3.8) is 0 Å². The first kappa shape index (κ1) is 14.4. The molecule has 0 fully saturated rings. The Kier molecular flexibility index (Phi) is 4.76. The molecular formula is C12H25N3. The smallest absolute Gasteiger partial charge is 0.102 e. The zero-order chi connectivity index (χ0) is 12.3. The highest BCUT2D eigenvalue weighted by Gasteiger charge is 2.25. The second-order valence-electron chi connectivity index (χ2n) is 6.06. The molecule has 0 bridgehead atoms. The van der Waals surface area contributed by atoms with Gasteiger partial charge in [-0.25, -0.2) is 0 Å². The quantitative estimate of drug-likeness (QED) is 0.773. The van der Waals surface area contributed by atoms with E-state index in [-0.39, 0.29) is 5.41 Å². The van der Waals surface area contributed by atoms with Crippen LogP contribution in [0.4, 0.5) is 0 Å². The number of hydrogen-bond acceptors (Lipinski definition) is 3. The molecule has 2 N–H and O–H groups in total. The predicted octanol–water partition coefficient (Wildman–Crippen LogP) is 1.98. The van der Waals surface area contributed by atoms with Gasteiger partial charge in [0.25, 0.3) is 0 Å². The Morgan fingerprint density at radius 1 is 1.33 bits per heavy atom. The van der Waals surface area contributed by atoms with Crippen molar-refractivity contribution in [3.05, 3.63) is 0 Å². The molecule has 2 unspecified atom stereocenters. The number of rotatable bonds is 4. The molecule has 0 aromatic carbocycles. The van der Waals surface area contributed by atoms with Crippen molar-refractivity contribution in [3.8, 4) is 6.07 Å². The second-order valence-corrected chi connectivity index (χ2v) is 6.06. The molecule has 0 spiro atoms. The normalized spacial score (nSPS) is 18.3. The summed E-state index contributed by atoms with van der Waals surface area (Å²) in [4.78, 5) is 2.27. The van der Waals surface area contributed by atoms with Crippen LogP contribution in [0.15, 0.2) is 0 Å². The molecule has 88 valence electrons. The summed E-state index contributed by atoms with van der Waals surface area (Å²) in [6.07, 6.45) is 0.704. The van der Waals surface area contributed by atoms with Crippen molar-refractivity contribution in [2.45, 2.75) is 52.6 Å². The van der Waals surface area contributed by atoms with Gasteiger partial charge in [-0.05, 0) is 32.7 Å². The van der Waals surface area contributed by atoms with E-state index < -0.39 is 5.54 Å². The molecule has 15 heavy (non-hydrogen) atoms. The van der Waals surface area contributed by atoms with Crippen LogP contribution in [0.1, 0.15) is 41.0 Å². The molecule has 3 heteroatoms. The van der Waals surface area contributed by atoms with Crippen molar-refractivity contribution in [2.24, 2.45) is 11.1 Å². The highest BCUT2D eigenvalue weighted by atomic mass is 15.1. The lowest BCUT2D eigenvalue weighted by Crippen LogP contribution is -2.44. The maximum atomic E-state index is 8.86. The molecule has 0 aliphatic carbocycles. The van der Waals surface area contributed by atoms with Crippen LogP contribution >= 0.6 is 0 Å². The molecule has 0 amide bonds. The number of nitriles is 1. The van der Waals surface area contributed by atoms with Crippen molar-refractivity contribution in [1.29, 1.82) is 5.26 Å². The fourth-order valence-corrected chi connectivity index (χ4v) is 1.72. The Morgan fingerprint density at radius 3 is 2.13 bits per heavy atom. The summed E-state index contributed by atoms with van der Waals surface area (Å²) < 4.78 is 0. The van der Waals surface area contributed by atoms with Crippen LogP contribution in [0.5, 0.6) is 0 Å². The molecule has 0 rings (SSSR count). The monoisotopic (exact) mass is 211 g/mol. The molecule has 0 saturated heterocycles. The van der Waals surface area contributed by atoms with Crippen LogP contribution in [-0.2, 0) is 0 Å². The Balaban J connectivity index is 4.24. The van der Waals surface area contributed by atoms with Gasteiger partial charge in [0.2, 0.25) is 0 Å². The van der Waals surface area contributed by atoms with E-state index in [4.69, 9.17) is 11.0 Å². The third-order valence-corrected chi connectivity index (χ3v) is 2.45. The Hall–Kier alpha value is -0.590. The van der Waals surface area contributed by atoms with E-state index in [1.807, 2.05) is 0 Å². The van der Waals surface area contributed by atoms with E-state index in [1.54, 1.807) is 6.92 Å². The molecule has 0 saturated carbocycles. The van der Waals surface area contributed by atoms with E-state index >= 15 is 0 Å². The van der Waals surface area contributed by atoms with Gasteiger partial charge < -0.3 is 10.6 Å². The van der Waals surface area contributed by atoms with Crippen molar-refractivity contribution < 1.29 is 0 Å².